The van der Waals surface area contributed by atoms with Crippen LogP contribution in [0.2, 0.25) is 10.0 Å². The van der Waals surface area contributed by atoms with Crippen molar-refractivity contribution in [3.05, 3.63) is 52.0 Å². The maximum atomic E-state index is 10.5. The van der Waals surface area contributed by atoms with Gasteiger partial charge >= 0.3 is 5.97 Å². The Bertz CT molecular complexity index is 464. The fourth-order valence-corrected chi connectivity index (χ4v) is 1.68. The Labute approximate surface area is 110 Å². The van der Waals surface area contributed by atoms with Gasteiger partial charge in [-0.1, -0.05) is 48.0 Å². The quantitative estimate of drug-likeness (QED) is 0.804. The van der Waals surface area contributed by atoms with Crippen molar-refractivity contribution >= 4 is 35.2 Å². The summed E-state index contributed by atoms with van der Waals surface area (Å²) in [4.78, 5) is 10.5. The van der Waals surface area contributed by atoms with Crippen molar-refractivity contribution in [2.45, 2.75) is 12.8 Å². The second-order valence-corrected chi connectivity index (χ2v) is 4.36. The fraction of sp³-hybridized carbons (Fsp3) is 0.154. The van der Waals surface area contributed by atoms with E-state index in [2.05, 4.69) is 6.58 Å². The van der Waals surface area contributed by atoms with Crippen LogP contribution in [0.3, 0.4) is 0 Å². The molecule has 0 spiro atoms. The standard InChI is InChI=1S/C13H12Cl2O2/c1-9(13(16)17)4-2-3-5-10-6-7-11(14)8-12(10)15/h3,5-8H,1-2,4H2,(H,16,17). The third kappa shape index (κ3) is 4.63. The van der Waals surface area contributed by atoms with E-state index in [4.69, 9.17) is 28.3 Å². The molecular formula is C13H12Cl2O2. The largest absolute Gasteiger partial charge is 0.478 e. The number of hydrogen-bond acceptors (Lipinski definition) is 1. The lowest BCUT2D eigenvalue weighted by atomic mass is 10.1. The van der Waals surface area contributed by atoms with E-state index in [1.807, 2.05) is 18.2 Å². The molecule has 1 aromatic rings. The maximum Gasteiger partial charge on any atom is 0.330 e. The van der Waals surface area contributed by atoms with Crippen molar-refractivity contribution in [3.63, 3.8) is 0 Å². The zero-order valence-electron chi connectivity index (χ0n) is 9.12. The zero-order valence-corrected chi connectivity index (χ0v) is 10.6. The SMILES string of the molecule is C=C(CCC=Cc1ccc(Cl)cc1Cl)C(=O)O. The highest BCUT2D eigenvalue weighted by Gasteiger charge is 2.01. The monoisotopic (exact) mass is 270 g/mol. The van der Waals surface area contributed by atoms with Crippen LogP contribution in [0.25, 0.3) is 6.08 Å². The van der Waals surface area contributed by atoms with Crippen LogP contribution < -0.4 is 0 Å². The Hall–Kier alpha value is -1.25. The fourth-order valence-electron chi connectivity index (χ4n) is 1.21. The van der Waals surface area contributed by atoms with Crippen LogP contribution in [0, 0.1) is 0 Å². The molecule has 17 heavy (non-hydrogen) atoms. The number of carboxylic acids is 1. The van der Waals surface area contributed by atoms with Gasteiger partial charge in [-0.2, -0.15) is 0 Å². The van der Waals surface area contributed by atoms with E-state index >= 15 is 0 Å². The van der Waals surface area contributed by atoms with Crippen LogP contribution in [0.15, 0.2) is 36.4 Å². The lowest BCUT2D eigenvalue weighted by Gasteiger charge is -1.99. The molecule has 0 bridgehead atoms. The van der Waals surface area contributed by atoms with Gasteiger partial charge in [0.05, 0.1) is 0 Å². The third-order valence-electron chi connectivity index (χ3n) is 2.18. The highest BCUT2D eigenvalue weighted by atomic mass is 35.5. The molecule has 0 saturated heterocycles. The highest BCUT2D eigenvalue weighted by Crippen LogP contribution is 2.22. The molecule has 0 saturated carbocycles. The Morgan fingerprint density at radius 1 is 1.41 bits per heavy atom. The average molecular weight is 271 g/mol. The predicted octanol–water partition coefficient (Wildman–Crippen LogP) is 4.43. The number of carboxylic acid groups (broad SMARTS) is 1. The number of benzene rings is 1. The predicted molar refractivity (Wildman–Crippen MR) is 71.5 cm³/mol. The van der Waals surface area contributed by atoms with Gasteiger partial charge in [-0.05, 0) is 30.5 Å². The van der Waals surface area contributed by atoms with E-state index in [0.29, 0.717) is 22.9 Å². The first-order valence-electron chi connectivity index (χ1n) is 5.03. The lowest BCUT2D eigenvalue weighted by molar-refractivity contribution is -0.132. The first kappa shape index (κ1) is 13.8. The van der Waals surface area contributed by atoms with Crippen molar-refractivity contribution in [3.8, 4) is 0 Å². The minimum atomic E-state index is -0.956. The molecular weight excluding hydrogens is 259 g/mol. The summed E-state index contributed by atoms with van der Waals surface area (Å²) in [6.45, 7) is 3.45. The molecule has 0 radical (unpaired) electrons. The van der Waals surface area contributed by atoms with Gasteiger partial charge in [0.25, 0.3) is 0 Å². The Kier molecular flexibility index (Phi) is 5.26. The van der Waals surface area contributed by atoms with Gasteiger partial charge in [-0.3, -0.25) is 0 Å². The second kappa shape index (κ2) is 6.48. The zero-order chi connectivity index (χ0) is 12.8. The van der Waals surface area contributed by atoms with Crippen molar-refractivity contribution in [1.82, 2.24) is 0 Å². The van der Waals surface area contributed by atoms with Crippen LogP contribution >= 0.6 is 23.2 Å². The summed E-state index contributed by atoms with van der Waals surface area (Å²) in [5, 5.41) is 9.78. The smallest absolute Gasteiger partial charge is 0.330 e. The first-order chi connectivity index (χ1) is 8.00. The Balaban J connectivity index is 2.54. The molecule has 1 rings (SSSR count). The van der Waals surface area contributed by atoms with Gasteiger partial charge in [-0.25, -0.2) is 4.79 Å². The van der Waals surface area contributed by atoms with E-state index in [1.165, 1.54) is 0 Å². The molecule has 0 aliphatic rings. The molecule has 4 heteroatoms. The normalized spacial score (nSPS) is 10.7. The minimum absolute atomic E-state index is 0.205. The Morgan fingerprint density at radius 3 is 2.71 bits per heavy atom. The summed E-state index contributed by atoms with van der Waals surface area (Å²) in [7, 11) is 0. The van der Waals surface area contributed by atoms with Gasteiger partial charge in [0, 0.05) is 15.6 Å². The molecule has 0 atom stereocenters. The molecule has 0 amide bonds. The molecule has 0 aliphatic heterocycles. The van der Waals surface area contributed by atoms with E-state index in [9.17, 15) is 4.79 Å². The van der Waals surface area contributed by atoms with Gasteiger partial charge < -0.3 is 5.11 Å². The molecule has 0 heterocycles. The summed E-state index contributed by atoms with van der Waals surface area (Å²) in [6, 6.07) is 5.23. The topological polar surface area (TPSA) is 37.3 Å². The van der Waals surface area contributed by atoms with Crippen molar-refractivity contribution in [2.75, 3.05) is 0 Å². The van der Waals surface area contributed by atoms with Crippen LogP contribution in [-0.2, 0) is 4.79 Å². The van der Waals surface area contributed by atoms with Crippen LogP contribution in [0.5, 0.6) is 0 Å². The molecule has 0 aliphatic carbocycles. The number of rotatable bonds is 5. The lowest BCUT2D eigenvalue weighted by Crippen LogP contribution is -1.97. The first-order valence-corrected chi connectivity index (χ1v) is 5.79. The Morgan fingerprint density at radius 2 is 2.12 bits per heavy atom. The molecule has 2 nitrogen and oxygen atoms in total. The molecule has 0 aromatic heterocycles. The van der Waals surface area contributed by atoms with Gasteiger partial charge in [0.15, 0.2) is 0 Å². The van der Waals surface area contributed by atoms with Crippen LogP contribution in [-0.4, -0.2) is 11.1 Å². The summed E-state index contributed by atoms with van der Waals surface area (Å²) >= 11 is 11.7. The summed E-state index contributed by atoms with van der Waals surface area (Å²) < 4.78 is 0. The second-order valence-electron chi connectivity index (χ2n) is 3.52. The number of allylic oxidation sites excluding steroid dienone is 1. The van der Waals surface area contributed by atoms with Gasteiger partial charge in [0.1, 0.15) is 0 Å². The summed E-state index contributed by atoms with van der Waals surface area (Å²) in [5.41, 5.74) is 1.06. The van der Waals surface area contributed by atoms with E-state index in [0.717, 1.165) is 5.56 Å². The van der Waals surface area contributed by atoms with E-state index < -0.39 is 5.97 Å². The van der Waals surface area contributed by atoms with E-state index in [1.54, 1.807) is 12.1 Å². The summed E-state index contributed by atoms with van der Waals surface area (Å²) in [6.07, 6.45) is 4.75. The molecule has 1 aromatic carbocycles. The molecule has 0 fully saturated rings. The minimum Gasteiger partial charge on any atom is -0.478 e. The number of carbonyl (C=O) groups is 1. The molecule has 1 N–H and O–H groups in total. The number of hydrogen-bond donors (Lipinski definition) is 1. The molecule has 0 unspecified atom stereocenters. The van der Waals surface area contributed by atoms with Crippen molar-refractivity contribution in [1.29, 1.82) is 0 Å². The molecule has 90 valence electrons. The van der Waals surface area contributed by atoms with Crippen molar-refractivity contribution < 1.29 is 9.90 Å². The average Bonchev–Trinajstić information content (AvgIpc) is 2.26. The van der Waals surface area contributed by atoms with Gasteiger partial charge in [-0.15, -0.1) is 0 Å². The van der Waals surface area contributed by atoms with Crippen LogP contribution in [0.1, 0.15) is 18.4 Å². The highest BCUT2D eigenvalue weighted by molar-refractivity contribution is 6.35. The van der Waals surface area contributed by atoms with Crippen LogP contribution in [0.4, 0.5) is 0 Å². The third-order valence-corrected chi connectivity index (χ3v) is 2.74. The van der Waals surface area contributed by atoms with Gasteiger partial charge in [0.2, 0.25) is 0 Å². The maximum absolute atomic E-state index is 10.5. The number of aliphatic carboxylic acids is 1. The van der Waals surface area contributed by atoms with Crippen molar-refractivity contribution in [2.24, 2.45) is 0 Å². The number of halogens is 2. The summed E-state index contributed by atoms with van der Waals surface area (Å²) in [5.74, 6) is -0.956. The van der Waals surface area contributed by atoms with E-state index in [-0.39, 0.29) is 5.57 Å².